The van der Waals surface area contributed by atoms with Gasteiger partial charge >= 0.3 is 0 Å². The van der Waals surface area contributed by atoms with E-state index in [4.69, 9.17) is 4.74 Å². The van der Waals surface area contributed by atoms with Crippen LogP contribution in [0.5, 0.6) is 0 Å². The van der Waals surface area contributed by atoms with E-state index in [0.29, 0.717) is 0 Å². The Labute approximate surface area is 99.0 Å². The monoisotopic (exact) mass is 221 g/mol. The van der Waals surface area contributed by atoms with Gasteiger partial charge in [-0.15, -0.1) is 0 Å². The number of methoxy groups -OCH3 is 1. The molecule has 0 spiro atoms. The summed E-state index contributed by atoms with van der Waals surface area (Å²) in [4.78, 5) is 0. The lowest BCUT2D eigenvalue weighted by molar-refractivity contribution is 0.197. The van der Waals surface area contributed by atoms with Crippen LogP contribution in [-0.4, -0.2) is 26.8 Å². The molecule has 2 nitrogen and oxygen atoms in total. The molecule has 0 saturated heterocycles. The highest BCUT2D eigenvalue weighted by Gasteiger charge is 2.19. The minimum Gasteiger partial charge on any atom is -0.383 e. The Balaban J connectivity index is 2.52. The number of hydrogen-bond donors (Lipinski definition) is 1. The van der Waals surface area contributed by atoms with Crippen molar-refractivity contribution in [1.29, 1.82) is 0 Å². The zero-order chi connectivity index (χ0) is 12.0. The molecular weight excluding hydrogens is 198 g/mol. The second-order valence-corrected chi connectivity index (χ2v) is 4.92. The van der Waals surface area contributed by atoms with Gasteiger partial charge in [-0.3, -0.25) is 0 Å². The predicted octanol–water partition coefficient (Wildman–Crippen LogP) is 2.51. The van der Waals surface area contributed by atoms with Crippen LogP contribution in [0.4, 0.5) is 0 Å². The van der Waals surface area contributed by atoms with Crippen molar-refractivity contribution in [1.82, 2.24) is 5.32 Å². The van der Waals surface area contributed by atoms with Crippen molar-refractivity contribution in [3.63, 3.8) is 0 Å². The summed E-state index contributed by atoms with van der Waals surface area (Å²) in [5, 5.41) is 3.41. The van der Waals surface area contributed by atoms with E-state index in [-0.39, 0.29) is 5.41 Å². The SMILES string of the molecule is COCCNCC(C)(C)c1ccc(C)cc1. The van der Waals surface area contributed by atoms with E-state index in [1.54, 1.807) is 7.11 Å². The normalized spacial score (nSPS) is 11.8. The van der Waals surface area contributed by atoms with Crippen molar-refractivity contribution in [2.24, 2.45) is 0 Å². The van der Waals surface area contributed by atoms with Crippen LogP contribution in [0.2, 0.25) is 0 Å². The summed E-state index contributed by atoms with van der Waals surface area (Å²) in [5.74, 6) is 0. The molecule has 0 radical (unpaired) electrons. The molecular formula is C14H23NO. The number of aryl methyl sites for hydroxylation is 1. The topological polar surface area (TPSA) is 21.3 Å². The van der Waals surface area contributed by atoms with Gasteiger partial charge in [-0.05, 0) is 12.5 Å². The third-order valence-corrected chi connectivity index (χ3v) is 2.88. The fourth-order valence-corrected chi connectivity index (χ4v) is 1.68. The van der Waals surface area contributed by atoms with Crippen LogP contribution in [0.15, 0.2) is 24.3 Å². The molecule has 0 aliphatic heterocycles. The molecule has 1 N–H and O–H groups in total. The maximum Gasteiger partial charge on any atom is 0.0587 e. The summed E-state index contributed by atoms with van der Waals surface area (Å²) in [6.45, 7) is 9.29. The summed E-state index contributed by atoms with van der Waals surface area (Å²) in [6, 6.07) is 8.78. The number of benzene rings is 1. The van der Waals surface area contributed by atoms with Crippen molar-refractivity contribution >= 4 is 0 Å². The number of nitrogens with one attached hydrogen (secondary N) is 1. The van der Waals surface area contributed by atoms with Gasteiger partial charge in [-0.1, -0.05) is 43.7 Å². The average Bonchev–Trinajstić information content (AvgIpc) is 2.25. The fourth-order valence-electron chi connectivity index (χ4n) is 1.68. The Morgan fingerprint density at radius 2 is 1.81 bits per heavy atom. The fraction of sp³-hybridized carbons (Fsp3) is 0.571. The first kappa shape index (κ1) is 13.2. The second kappa shape index (κ2) is 6.02. The molecule has 0 unspecified atom stereocenters. The second-order valence-electron chi connectivity index (χ2n) is 4.92. The molecule has 0 amide bonds. The third-order valence-electron chi connectivity index (χ3n) is 2.88. The molecule has 1 aromatic carbocycles. The lowest BCUT2D eigenvalue weighted by Gasteiger charge is -2.26. The maximum absolute atomic E-state index is 5.02. The van der Waals surface area contributed by atoms with Crippen molar-refractivity contribution in [3.8, 4) is 0 Å². The van der Waals surface area contributed by atoms with Gasteiger partial charge < -0.3 is 10.1 Å². The van der Waals surface area contributed by atoms with Crippen LogP contribution in [-0.2, 0) is 10.2 Å². The third kappa shape index (κ3) is 3.95. The Morgan fingerprint density at radius 3 is 2.38 bits per heavy atom. The highest BCUT2D eigenvalue weighted by Crippen LogP contribution is 2.22. The van der Waals surface area contributed by atoms with Crippen molar-refractivity contribution in [2.75, 3.05) is 26.8 Å². The van der Waals surface area contributed by atoms with E-state index in [1.807, 2.05) is 0 Å². The van der Waals surface area contributed by atoms with Gasteiger partial charge in [-0.2, -0.15) is 0 Å². The lowest BCUT2D eigenvalue weighted by Crippen LogP contribution is -2.34. The van der Waals surface area contributed by atoms with Gasteiger partial charge in [-0.25, -0.2) is 0 Å². The van der Waals surface area contributed by atoms with Gasteiger partial charge in [0, 0.05) is 25.6 Å². The van der Waals surface area contributed by atoms with Crippen molar-refractivity contribution < 1.29 is 4.74 Å². The molecule has 0 fully saturated rings. The summed E-state index contributed by atoms with van der Waals surface area (Å²) >= 11 is 0. The number of rotatable bonds is 6. The molecule has 0 aromatic heterocycles. The molecule has 0 saturated carbocycles. The van der Waals surface area contributed by atoms with Gasteiger partial charge in [0.1, 0.15) is 0 Å². The Bertz CT molecular complexity index is 303. The number of ether oxygens (including phenoxy) is 1. The standard InChI is InChI=1S/C14H23NO/c1-12-5-7-13(8-6-12)14(2,3)11-15-9-10-16-4/h5-8,15H,9-11H2,1-4H3. The summed E-state index contributed by atoms with van der Waals surface area (Å²) in [7, 11) is 1.73. The summed E-state index contributed by atoms with van der Waals surface area (Å²) in [5.41, 5.74) is 2.86. The van der Waals surface area contributed by atoms with Crippen LogP contribution >= 0.6 is 0 Å². The Kier molecular flexibility index (Phi) is 4.97. The van der Waals surface area contributed by atoms with E-state index < -0.39 is 0 Å². The first-order valence-electron chi connectivity index (χ1n) is 5.83. The predicted molar refractivity (Wildman–Crippen MR) is 69.0 cm³/mol. The van der Waals surface area contributed by atoms with E-state index in [1.165, 1.54) is 11.1 Å². The average molecular weight is 221 g/mol. The molecule has 0 aliphatic rings. The first-order chi connectivity index (χ1) is 7.56. The van der Waals surface area contributed by atoms with Crippen LogP contribution in [0.3, 0.4) is 0 Å². The Hall–Kier alpha value is -0.860. The van der Waals surface area contributed by atoms with Gasteiger partial charge in [0.25, 0.3) is 0 Å². The maximum atomic E-state index is 5.02. The molecule has 1 aromatic rings. The van der Waals surface area contributed by atoms with Crippen LogP contribution < -0.4 is 5.32 Å². The number of hydrogen-bond acceptors (Lipinski definition) is 2. The highest BCUT2D eigenvalue weighted by molar-refractivity contribution is 5.27. The smallest absolute Gasteiger partial charge is 0.0587 e. The van der Waals surface area contributed by atoms with Gasteiger partial charge in [0.15, 0.2) is 0 Å². The van der Waals surface area contributed by atoms with Crippen LogP contribution in [0.1, 0.15) is 25.0 Å². The minimum atomic E-state index is 0.168. The molecule has 2 heteroatoms. The van der Waals surface area contributed by atoms with Crippen LogP contribution in [0.25, 0.3) is 0 Å². The quantitative estimate of drug-likeness (QED) is 0.745. The van der Waals surface area contributed by atoms with Gasteiger partial charge in [0.2, 0.25) is 0 Å². The molecule has 0 bridgehead atoms. The van der Waals surface area contributed by atoms with Crippen molar-refractivity contribution in [3.05, 3.63) is 35.4 Å². The molecule has 16 heavy (non-hydrogen) atoms. The zero-order valence-corrected chi connectivity index (χ0v) is 10.8. The molecule has 0 atom stereocenters. The summed E-state index contributed by atoms with van der Waals surface area (Å²) in [6.07, 6.45) is 0. The highest BCUT2D eigenvalue weighted by atomic mass is 16.5. The minimum absolute atomic E-state index is 0.168. The first-order valence-corrected chi connectivity index (χ1v) is 5.83. The van der Waals surface area contributed by atoms with Crippen molar-refractivity contribution in [2.45, 2.75) is 26.2 Å². The molecule has 0 aliphatic carbocycles. The van der Waals surface area contributed by atoms with E-state index in [9.17, 15) is 0 Å². The largest absolute Gasteiger partial charge is 0.383 e. The Morgan fingerprint density at radius 1 is 1.19 bits per heavy atom. The van der Waals surface area contributed by atoms with Gasteiger partial charge in [0.05, 0.1) is 6.61 Å². The molecule has 90 valence electrons. The molecule has 0 heterocycles. The zero-order valence-electron chi connectivity index (χ0n) is 10.8. The molecule has 1 rings (SSSR count). The van der Waals surface area contributed by atoms with E-state index >= 15 is 0 Å². The lowest BCUT2D eigenvalue weighted by atomic mass is 9.84. The van der Waals surface area contributed by atoms with E-state index in [2.05, 4.69) is 50.4 Å². The van der Waals surface area contributed by atoms with Crippen LogP contribution in [0, 0.1) is 6.92 Å². The van der Waals surface area contributed by atoms with E-state index in [0.717, 1.165) is 19.7 Å². The summed E-state index contributed by atoms with van der Waals surface area (Å²) < 4.78 is 5.02.